The van der Waals surface area contributed by atoms with E-state index in [2.05, 4.69) is 4.98 Å². The number of hydrogen-bond acceptors (Lipinski definition) is 3. The monoisotopic (exact) mass is 392 g/mol. The summed E-state index contributed by atoms with van der Waals surface area (Å²) in [5.74, 6) is 0.0622. The average molecular weight is 393 g/mol. The molecular formula is C19H22Cl2N4O. The third kappa shape index (κ3) is 3.85. The van der Waals surface area contributed by atoms with Gasteiger partial charge < -0.3 is 10.6 Å². The van der Waals surface area contributed by atoms with E-state index < -0.39 is 0 Å². The molecule has 4 rings (SSSR count). The standard InChI is InChI=1S/C19H20N4O.2ClH/c20-15-4-3-11-22(12-15)19(24)14-7-9-16(10-8-14)23-13-21-17-5-1-2-6-18(17)23;;/h1-2,5-10,13,15H,3-4,11-12,20H2;2*1H. The van der Waals surface area contributed by atoms with Crippen molar-refractivity contribution in [2.45, 2.75) is 18.9 Å². The second-order valence-electron chi connectivity index (χ2n) is 6.30. The van der Waals surface area contributed by atoms with Crippen LogP contribution in [0.2, 0.25) is 0 Å². The lowest BCUT2D eigenvalue weighted by Crippen LogP contribution is -2.45. The highest BCUT2D eigenvalue weighted by Gasteiger charge is 2.22. The fourth-order valence-electron chi connectivity index (χ4n) is 3.31. The number of rotatable bonds is 2. The number of aromatic nitrogens is 2. The highest BCUT2D eigenvalue weighted by molar-refractivity contribution is 5.94. The van der Waals surface area contributed by atoms with Gasteiger partial charge in [-0.25, -0.2) is 4.98 Å². The van der Waals surface area contributed by atoms with Crippen molar-refractivity contribution >= 4 is 41.8 Å². The number of para-hydroxylation sites is 2. The lowest BCUT2D eigenvalue weighted by atomic mass is 10.1. The molecule has 0 aliphatic carbocycles. The van der Waals surface area contributed by atoms with Crippen LogP contribution in [-0.4, -0.2) is 39.5 Å². The van der Waals surface area contributed by atoms with Crippen LogP contribution in [0.4, 0.5) is 0 Å². The molecule has 0 saturated carbocycles. The summed E-state index contributed by atoms with van der Waals surface area (Å²) in [7, 11) is 0. The molecule has 0 radical (unpaired) electrons. The minimum absolute atomic E-state index is 0. The molecule has 1 saturated heterocycles. The maximum Gasteiger partial charge on any atom is 0.253 e. The smallest absolute Gasteiger partial charge is 0.253 e. The van der Waals surface area contributed by atoms with Crippen molar-refractivity contribution in [2.75, 3.05) is 13.1 Å². The number of benzene rings is 2. The Kier molecular flexibility index (Phi) is 6.64. The van der Waals surface area contributed by atoms with Gasteiger partial charge in [0.2, 0.25) is 0 Å². The van der Waals surface area contributed by atoms with Gasteiger partial charge >= 0.3 is 0 Å². The Morgan fingerprint density at radius 1 is 1.08 bits per heavy atom. The third-order valence-corrected chi connectivity index (χ3v) is 4.59. The first kappa shape index (κ1) is 20.2. The van der Waals surface area contributed by atoms with Gasteiger partial charge in [-0.3, -0.25) is 9.36 Å². The van der Waals surface area contributed by atoms with Crippen molar-refractivity contribution in [3.8, 4) is 5.69 Å². The summed E-state index contributed by atoms with van der Waals surface area (Å²) >= 11 is 0. The van der Waals surface area contributed by atoms with E-state index >= 15 is 0 Å². The van der Waals surface area contributed by atoms with E-state index in [1.165, 1.54) is 0 Å². The molecule has 1 amide bonds. The van der Waals surface area contributed by atoms with E-state index in [1.54, 1.807) is 0 Å². The van der Waals surface area contributed by atoms with Gasteiger partial charge in [-0.1, -0.05) is 12.1 Å². The Hall–Kier alpha value is -2.08. The molecule has 0 bridgehead atoms. The Morgan fingerprint density at radius 3 is 2.54 bits per heavy atom. The second-order valence-corrected chi connectivity index (χ2v) is 6.30. The van der Waals surface area contributed by atoms with Crippen molar-refractivity contribution in [3.63, 3.8) is 0 Å². The van der Waals surface area contributed by atoms with E-state index in [4.69, 9.17) is 5.73 Å². The number of nitrogens with two attached hydrogens (primary N) is 1. The number of carbonyl (C=O) groups excluding carboxylic acids is 1. The van der Waals surface area contributed by atoms with E-state index in [9.17, 15) is 4.79 Å². The van der Waals surface area contributed by atoms with Gasteiger partial charge in [-0.15, -0.1) is 24.8 Å². The molecule has 1 fully saturated rings. The van der Waals surface area contributed by atoms with Gasteiger partial charge in [0, 0.05) is 30.4 Å². The number of amides is 1. The van der Waals surface area contributed by atoms with E-state index in [1.807, 2.05) is 64.3 Å². The number of piperidine rings is 1. The number of fused-ring (bicyclic) bond motifs is 1. The van der Waals surface area contributed by atoms with Crippen LogP contribution in [0.25, 0.3) is 16.7 Å². The van der Waals surface area contributed by atoms with E-state index in [0.717, 1.165) is 36.1 Å². The summed E-state index contributed by atoms with van der Waals surface area (Å²) in [5.41, 5.74) is 9.69. The predicted molar refractivity (Wildman–Crippen MR) is 109 cm³/mol. The van der Waals surface area contributed by atoms with Crippen LogP contribution in [0.15, 0.2) is 54.9 Å². The molecule has 1 unspecified atom stereocenters. The van der Waals surface area contributed by atoms with Crippen LogP contribution in [0.5, 0.6) is 0 Å². The molecule has 3 aromatic rings. The maximum atomic E-state index is 12.6. The Labute approximate surface area is 165 Å². The molecule has 1 aromatic heterocycles. The minimum Gasteiger partial charge on any atom is -0.337 e. The largest absolute Gasteiger partial charge is 0.337 e. The number of halogens is 2. The predicted octanol–water partition coefficient (Wildman–Crippen LogP) is 3.43. The van der Waals surface area contributed by atoms with Crippen LogP contribution in [0, 0.1) is 0 Å². The van der Waals surface area contributed by atoms with Crippen molar-refractivity contribution < 1.29 is 4.79 Å². The lowest BCUT2D eigenvalue weighted by molar-refractivity contribution is 0.0709. The molecule has 1 aliphatic heterocycles. The summed E-state index contributed by atoms with van der Waals surface area (Å²) in [5, 5.41) is 0. The Morgan fingerprint density at radius 2 is 1.81 bits per heavy atom. The van der Waals surface area contributed by atoms with Crippen LogP contribution in [-0.2, 0) is 0 Å². The number of hydrogen-bond donors (Lipinski definition) is 1. The number of likely N-dealkylation sites (tertiary alicyclic amines) is 1. The normalized spacial score (nSPS) is 16.7. The third-order valence-electron chi connectivity index (χ3n) is 4.59. The van der Waals surface area contributed by atoms with Crippen molar-refractivity contribution in [1.29, 1.82) is 0 Å². The number of carbonyl (C=O) groups is 1. The molecular weight excluding hydrogens is 371 g/mol. The molecule has 5 nitrogen and oxygen atoms in total. The van der Waals surface area contributed by atoms with Crippen LogP contribution >= 0.6 is 24.8 Å². The maximum absolute atomic E-state index is 12.6. The Balaban J connectivity index is 0.00000121. The van der Waals surface area contributed by atoms with Crippen molar-refractivity contribution in [3.05, 3.63) is 60.4 Å². The first-order valence-corrected chi connectivity index (χ1v) is 8.30. The van der Waals surface area contributed by atoms with Crippen molar-refractivity contribution in [1.82, 2.24) is 14.5 Å². The molecule has 2 aromatic carbocycles. The average Bonchev–Trinajstić information content (AvgIpc) is 3.05. The van der Waals surface area contributed by atoms with Gasteiger partial charge in [0.05, 0.1) is 11.0 Å². The summed E-state index contributed by atoms with van der Waals surface area (Å²) in [4.78, 5) is 18.9. The summed E-state index contributed by atoms with van der Waals surface area (Å²) in [6.07, 6.45) is 3.79. The van der Waals surface area contributed by atoms with Gasteiger partial charge in [0.15, 0.2) is 0 Å². The molecule has 1 aliphatic rings. The second kappa shape index (κ2) is 8.54. The molecule has 1 atom stereocenters. The minimum atomic E-state index is 0. The molecule has 7 heteroatoms. The highest BCUT2D eigenvalue weighted by atomic mass is 35.5. The number of nitrogens with zero attached hydrogens (tertiary/aromatic N) is 3. The zero-order chi connectivity index (χ0) is 16.5. The molecule has 2 heterocycles. The molecule has 26 heavy (non-hydrogen) atoms. The van der Waals surface area contributed by atoms with Crippen molar-refractivity contribution in [2.24, 2.45) is 5.73 Å². The SMILES string of the molecule is Cl.Cl.NC1CCCN(C(=O)c2ccc(-n3cnc4ccccc43)cc2)C1. The molecule has 138 valence electrons. The summed E-state index contributed by atoms with van der Waals surface area (Å²) in [6, 6.07) is 15.8. The first-order valence-electron chi connectivity index (χ1n) is 8.30. The zero-order valence-electron chi connectivity index (χ0n) is 14.2. The first-order chi connectivity index (χ1) is 11.7. The van der Waals surface area contributed by atoms with E-state index in [-0.39, 0.29) is 36.8 Å². The fourth-order valence-corrected chi connectivity index (χ4v) is 3.31. The topological polar surface area (TPSA) is 64.2 Å². The number of imidazole rings is 1. The Bertz CT molecular complexity index is 879. The fraction of sp³-hybridized carbons (Fsp3) is 0.263. The van der Waals surface area contributed by atoms with Gasteiger partial charge in [-0.05, 0) is 49.2 Å². The quantitative estimate of drug-likeness (QED) is 0.726. The highest BCUT2D eigenvalue weighted by Crippen LogP contribution is 2.19. The van der Waals surface area contributed by atoms with Gasteiger partial charge in [0.25, 0.3) is 5.91 Å². The van der Waals surface area contributed by atoms with E-state index in [0.29, 0.717) is 12.1 Å². The van der Waals surface area contributed by atoms with Crippen LogP contribution in [0.3, 0.4) is 0 Å². The van der Waals surface area contributed by atoms with Crippen LogP contribution < -0.4 is 5.73 Å². The summed E-state index contributed by atoms with van der Waals surface area (Å²) in [6.45, 7) is 1.44. The summed E-state index contributed by atoms with van der Waals surface area (Å²) < 4.78 is 2.03. The van der Waals surface area contributed by atoms with Crippen LogP contribution in [0.1, 0.15) is 23.2 Å². The van der Waals surface area contributed by atoms with Gasteiger partial charge in [0.1, 0.15) is 6.33 Å². The molecule has 0 spiro atoms. The zero-order valence-corrected chi connectivity index (χ0v) is 15.9. The van der Waals surface area contributed by atoms with Gasteiger partial charge in [-0.2, -0.15) is 0 Å². The molecule has 2 N–H and O–H groups in total. The lowest BCUT2D eigenvalue weighted by Gasteiger charge is -2.30.